The van der Waals surface area contributed by atoms with Crippen LogP contribution >= 0.6 is 11.6 Å². The van der Waals surface area contributed by atoms with Crippen molar-refractivity contribution in [3.8, 4) is 11.3 Å². The van der Waals surface area contributed by atoms with Crippen LogP contribution in [-0.4, -0.2) is 20.9 Å². The Kier molecular flexibility index (Phi) is 2.24. The van der Waals surface area contributed by atoms with Gasteiger partial charge in [0, 0.05) is 13.2 Å². The van der Waals surface area contributed by atoms with Crippen molar-refractivity contribution in [1.82, 2.24) is 9.78 Å². The van der Waals surface area contributed by atoms with Crippen LogP contribution in [0.1, 0.15) is 10.4 Å². The van der Waals surface area contributed by atoms with Gasteiger partial charge < -0.3 is 9.52 Å². The summed E-state index contributed by atoms with van der Waals surface area (Å²) in [6, 6.07) is 1.58. The van der Waals surface area contributed by atoms with E-state index in [1.165, 1.54) is 17.1 Å². The monoisotopic (exact) mass is 226 g/mol. The Balaban J connectivity index is 2.62. The molecule has 0 fully saturated rings. The van der Waals surface area contributed by atoms with Crippen LogP contribution in [-0.2, 0) is 7.05 Å². The number of furan rings is 1. The summed E-state index contributed by atoms with van der Waals surface area (Å²) < 4.78 is 6.30. The molecule has 0 unspecified atom stereocenters. The van der Waals surface area contributed by atoms with Crippen LogP contribution < -0.4 is 0 Å². The van der Waals surface area contributed by atoms with Crippen LogP contribution in [0.2, 0.25) is 5.22 Å². The van der Waals surface area contributed by atoms with Crippen LogP contribution in [0.3, 0.4) is 0 Å². The highest BCUT2D eigenvalue weighted by Crippen LogP contribution is 2.29. The van der Waals surface area contributed by atoms with Crippen molar-refractivity contribution in [3.63, 3.8) is 0 Å². The fourth-order valence-electron chi connectivity index (χ4n) is 1.31. The number of hydrogen-bond acceptors (Lipinski definition) is 3. The Morgan fingerprint density at radius 3 is 2.93 bits per heavy atom. The van der Waals surface area contributed by atoms with E-state index in [9.17, 15) is 4.79 Å². The van der Waals surface area contributed by atoms with Crippen molar-refractivity contribution in [2.24, 2.45) is 7.05 Å². The minimum atomic E-state index is -1.05. The third-order valence-electron chi connectivity index (χ3n) is 1.93. The van der Waals surface area contributed by atoms with Gasteiger partial charge in [0.1, 0.15) is 11.3 Å². The van der Waals surface area contributed by atoms with Crippen molar-refractivity contribution in [2.75, 3.05) is 0 Å². The molecule has 0 bridgehead atoms. The molecule has 78 valence electrons. The predicted octanol–water partition coefficient (Wildman–Crippen LogP) is 2.03. The molecule has 5 nitrogen and oxygen atoms in total. The number of halogens is 1. The first-order valence-electron chi connectivity index (χ1n) is 4.10. The van der Waals surface area contributed by atoms with Gasteiger partial charge in [0.25, 0.3) is 0 Å². The number of aromatic carboxylic acids is 1. The van der Waals surface area contributed by atoms with E-state index in [1.807, 2.05) is 0 Å². The lowest BCUT2D eigenvalue weighted by molar-refractivity contribution is 0.0697. The van der Waals surface area contributed by atoms with Crippen LogP contribution in [0, 0.1) is 0 Å². The lowest BCUT2D eigenvalue weighted by Gasteiger charge is -1.93. The van der Waals surface area contributed by atoms with Gasteiger partial charge in [-0.05, 0) is 17.7 Å². The fourth-order valence-corrected chi connectivity index (χ4v) is 1.51. The molecule has 0 atom stereocenters. The SMILES string of the molecule is Cn1cc(C(=O)O)c(-c2ccoc2Cl)n1. The Bertz CT molecular complexity index is 515. The second-order valence-electron chi connectivity index (χ2n) is 2.98. The van der Waals surface area contributed by atoms with Crippen molar-refractivity contribution < 1.29 is 14.3 Å². The third-order valence-corrected chi connectivity index (χ3v) is 2.22. The summed E-state index contributed by atoms with van der Waals surface area (Å²) in [6.45, 7) is 0. The van der Waals surface area contributed by atoms with E-state index in [2.05, 4.69) is 5.10 Å². The van der Waals surface area contributed by atoms with Gasteiger partial charge in [-0.25, -0.2) is 4.79 Å². The van der Waals surface area contributed by atoms with E-state index in [-0.39, 0.29) is 10.8 Å². The molecule has 2 heterocycles. The number of carbonyl (C=O) groups is 1. The zero-order valence-electron chi connectivity index (χ0n) is 7.77. The number of aromatic nitrogens is 2. The molecule has 2 aromatic rings. The van der Waals surface area contributed by atoms with E-state index in [0.717, 1.165) is 0 Å². The largest absolute Gasteiger partial charge is 0.478 e. The van der Waals surface area contributed by atoms with Gasteiger partial charge in [0.15, 0.2) is 0 Å². The van der Waals surface area contributed by atoms with Gasteiger partial charge in [0.2, 0.25) is 5.22 Å². The Labute approximate surface area is 89.9 Å². The van der Waals surface area contributed by atoms with E-state index in [4.69, 9.17) is 21.1 Å². The van der Waals surface area contributed by atoms with Gasteiger partial charge >= 0.3 is 5.97 Å². The molecule has 0 aliphatic rings. The second-order valence-corrected chi connectivity index (χ2v) is 3.32. The molecule has 1 N–H and O–H groups in total. The maximum atomic E-state index is 10.9. The summed E-state index contributed by atoms with van der Waals surface area (Å²) >= 11 is 5.75. The quantitative estimate of drug-likeness (QED) is 0.851. The number of nitrogens with zero attached hydrogens (tertiary/aromatic N) is 2. The Morgan fingerprint density at radius 1 is 1.67 bits per heavy atom. The van der Waals surface area contributed by atoms with Crippen LogP contribution in [0.4, 0.5) is 0 Å². The minimum Gasteiger partial charge on any atom is -0.478 e. The first kappa shape index (κ1) is 9.79. The van der Waals surface area contributed by atoms with Gasteiger partial charge in [-0.1, -0.05) is 0 Å². The molecule has 0 saturated carbocycles. The summed E-state index contributed by atoms with van der Waals surface area (Å²) in [6.07, 6.45) is 2.80. The van der Waals surface area contributed by atoms with Gasteiger partial charge in [-0.2, -0.15) is 5.10 Å². The molecule has 0 spiro atoms. The summed E-state index contributed by atoms with van der Waals surface area (Å²) in [5.41, 5.74) is 0.888. The normalized spacial score (nSPS) is 10.5. The lowest BCUT2D eigenvalue weighted by Crippen LogP contribution is -1.96. The lowest BCUT2D eigenvalue weighted by atomic mass is 10.1. The third kappa shape index (κ3) is 1.61. The Hall–Kier alpha value is -1.75. The van der Waals surface area contributed by atoms with E-state index in [0.29, 0.717) is 11.3 Å². The van der Waals surface area contributed by atoms with Crippen LogP contribution in [0.5, 0.6) is 0 Å². The maximum absolute atomic E-state index is 10.9. The molecule has 0 saturated heterocycles. The molecule has 15 heavy (non-hydrogen) atoms. The highest BCUT2D eigenvalue weighted by atomic mass is 35.5. The zero-order valence-corrected chi connectivity index (χ0v) is 8.52. The number of rotatable bonds is 2. The Morgan fingerprint density at radius 2 is 2.40 bits per heavy atom. The van der Waals surface area contributed by atoms with E-state index in [1.54, 1.807) is 13.1 Å². The summed E-state index contributed by atoms with van der Waals surface area (Å²) in [7, 11) is 1.64. The highest BCUT2D eigenvalue weighted by Gasteiger charge is 2.19. The number of carboxylic acid groups (broad SMARTS) is 1. The zero-order chi connectivity index (χ0) is 11.0. The van der Waals surface area contributed by atoms with Crippen molar-refractivity contribution in [3.05, 3.63) is 29.3 Å². The minimum absolute atomic E-state index is 0.0980. The first-order valence-corrected chi connectivity index (χ1v) is 4.47. The molecular weight excluding hydrogens is 220 g/mol. The molecule has 6 heteroatoms. The maximum Gasteiger partial charge on any atom is 0.339 e. The average Bonchev–Trinajstić information content (AvgIpc) is 2.71. The topological polar surface area (TPSA) is 68.3 Å². The molecule has 2 aromatic heterocycles. The summed E-state index contributed by atoms with van der Waals surface area (Å²) in [5.74, 6) is -1.05. The van der Waals surface area contributed by atoms with Crippen LogP contribution in [0.25, 0.3) is 11.3 Å². The van der Waals surface area contributed by atoms with Gasteiger partial charge in [0.05, 0.1) is 11.8 Å². The van der Waals surface area contributed by atoms with Gasteiger partial charge in [-0.3, -0.25) is 4.68 Å². The molecule has 0 aromatic carbocycles. The number of hydrogen-bond donors (Lipinski definition) is 1. The standard InChI is InChI=1S/C9H7ClN2O3/c1-12-4-6(9(13)14)7(11-12)5-2-3-15-8(5)10/h2-4H,1H3,(H,13,14). The molecule has 0 amide bonds. The van der Waals surface area contributed by atoms with Crippen LogP contribution in [0.15, 0.2) is 22.9 Å². The van der Waals surface area contributed by atoms with Crippen molar-refractivity contribution >= 4 is 17.6 Å². The first-order chi connectivity index (χ1) is 7.09. The van der Waals surface area contributed by atoms with E-state index < -0.39 is 5.97 Å². The van der Waals surface area contributed by atoms with Crippen molar-refractivity contribution in [2.45, 2.75) is 0 Å². The highest BCUT2D eigenvalue weighted by molar-refractivity contribution is 6.31. The number of carboxylic acids is 1. The average molecular weight is 227 g/mol. The van der Waals surface area contributed by atoms with E-state index >= 15 is 0 Å². The molecular formula is C9H7ClN2O3. The molecule has 2 rings (SSSR count). The van der Waals surface area contributed by atoms with Gasteiger partial charge in [-0.15, -0.1) is 0 Å². The fraction of sp³-hybridized carbons (Fsp3) is 0.111. The second kappa shape index (κ2) is 3.43. The smallest absolute Gasteiger partial charge is 0.339 e. The molecule has 0 radical (unpaired) electrons. The summed E-state index contributed by atoms with van der Waals surface area (Å²) in [5, 5.41) is 13.1. The summed E-state index contributed by atoms with van der Waals surface area (Å²) in [4.78, 5) is 10.9. The molecule has 0 aliphatic heterocycles. The van der Waals surface area contributed by atoms with Crippen molar-refractivity contribution in [1.29, 1.82) is 0 Å². The molecule has 0 aliphatic carbocycles. The number of aryl methyl sites for hydroxylation is 1. The predicted molar refractivity (Wildman–Crippen MR) is 52.9 cm³/mol.